The van der Waals surface area contributed by atoms with Crippen LogP contribution in [0.25, 0.3) is 11.0 Å². The summed E-state index contributed by atoms with van der Waals surface area (Å²) in [6.45, 7) is 3.83. The van der Waals surface area contributed by atoms with Gasteiger partial charge in [-0.3, -0.25) is 0 Å². The maximum absolute atomic E-state index is 5.87. The van der Waals surface area contributed by atoms with Gasteiger partial charge >= 0.3 is 0 Å². The van der Waals surface area contributed by atoms with E-state index in [9.17, 15) is 0 Å². The molecule has 0 radical (unpaired) electrons. The van der Waals surface area contributed by atoms with Crippen LogP contribution in [0, 0.1) is 13.8 Å². The Labute approximate surface area is 81.2 Å². The van der Waals surface area contributed by atoms with Crippen LogP contribution in [0.15, 0.2) is 6.07 Å². The number of anilines is 2. The summed E-state index contributed by atoms with van der Waals surface area (Å²) in [5, 5.41) is 7.65. The minimum absolute atomic E-state index is 0.170. The first-order valence-electron chi connectivity index (χ1n) is 4.25. The van der Waals surface area contributed by atoms with E-state index in [1.165, 1.54) is 0 Å². The number of hydrogen-bond acceptors (Lipinski definition) is 5. The Bertz CT molecular complexity index is 506. The second-order valence-corrected chi connectivity index (χ2v) is 3.27. The zero-order valence-corrected chi connectivity index (χ0v) is 8.07. The summed E-state index contributed by atoms with van der Waals surface area (Å²) in [5.74, 6) is 0.170. The second-order valence-electron chi connectivity index (χ2n) is 3.27. The second kappa shape index (κ2) is 2.80. The molecule has 0 amide bonds. The summed E-state index contributed by atoms with van der Waals surface area (Å²) < 4.78 is 0. The Morgan fingerprint density at radius 2 is 1.86 bits per heavy atom. The van der Waals surface area contributed by atoms with E-state index in [-0.39, 0.29) is 5.95 Å². The van der Waals surface area contributed by atoms with Gasteiger partial charge in [-0.15, -0.1) is 10.2 Å². The summed E-state index contributed by atoms with van der Waals surface area (Å²) in [7, 11) is 0. The highest BCUT2D eigenvalue weighted by Crippen LogP contribution is 2.23. The number of aromatic nitrogens is 3. The van der Waals surface area contributed by atoms with E-state index in [0.717, 1.165) is 27.8 Å². The average Bonchev–Trinajstić information content (AvgIpc) is 2.16. The lowest BCUT2D eigenvalue weighted by molar-refractivity contribution is 1.03. The predicted octanol–water partition coefficient (Wildman–Crippen LogP) is 0.806. The Morgan fingerprint density at radius 1 is 1.14 bits per heavy atom. The normalized spacial score (nSPS) is 10.7. The van der Waals surface area contributed by atoms with Crippen LogP contribution < -0.4 is 11.5 Å². The molecule has 1 heterocycles. The number of rotatable bonds is 0. The molecule has 0 aliphatic rings. The molecule has 0 saturated carbocycles. The summed E-state index contributed by atoms with van der Waals surface area (Å²) in [6.07, 6.45) is 0. The standard InChI is InChI=1S/C9H11N5/c1-4-3-6-8(5(2)7(4)10)12-9(11)14-13-6/h3H,10H2,1-2H3,(H2,11,12,14). The van der Waals surface area contributed by atoms with Gasteiger partial charge in [0.05, 0.1) is 5.52 Å². The van der Waals surface area contributed by atoms with E-state index in [0.29, 0.717) is 0 Å². The van der Waals surface area contributed by atoms with Crippen molar-refractivity contribution in [1.82, 2.24) is 15.2 Å². The van der Waals surface area contributed by atoms with E-state index in [4.69, 9.17) is 11.5 Å². The molecule has 4 N–H and O–H groups in total. The lowest BCUT2D eigenvalue weighted by Gasteiger charge is -2.07. The average molecular weight is 189 g/mol. The van der Waals surface area contributed by atoms with Crippen molar-refractivity contribution in [3.8, 4) is 0 Å². The van der Waals surface area contributed by atoms with E-state index in [1.54, 1.807) is 0 Å². The highest BCUT2D eigenvalue weighted by molar-refractivity contribution is 5.84. The first-order chi connectivity index (χ1) is 6.59. The molecule has 0 unspecified atom stereocenters. The van der Waals surface area contributed by atoms with Gasteiger partial charge in [0.25, 0.3) is 0 Å². The first kappa shape index (κ1) is 8.68. The fraction of sp³-hybridized carbons (Fsp3) is 0.222. The molecule has 0 spiro atoms. The van der Waals surface area contributed by atoms with Gasteiger partial charge in [0.2, 0.25) is 5.95 Å². The van der Waals surface area contributed by atoms with Crippen molar-refractivity contribution in [2.45, 2.75) is 13.8 Å². The fourth-order valence-corrected chi connectivity index (χ4v) is 1.43. The number of fused-ring (bicyclic) bond motifs is 1. The highest BCUT2D eigenvalue weighted by atomic mass is 15.2. The third-order valence-electron chi connectivity index (χ3n) is 2.27. The van der Waals surface area contributed by atoms with Crippen LogP contribution in [0.4, 0.5) is 11.6 Å². The van der Waals surface area contributed by atoms with Crippen LogP contribution in [0.5, 0.6) is 0 Å². The van der Waals surface area contributed by atoms with Crippen molar-refractivity contribution in [2.75, 3.05) is 11.5 Å². The molecule has 2 aromatic rings. The summed E-state index contributed by atoms with van der Waals surface area (Å²) in [5.41, 5.74) is 15.4. The van der Waals surface area contributed by atoms with Crippen molar-refractivity contribution >= 4 is 22.7 Å². The predicted molar refractivity (Wildman–Crippen MR) is 55.6 cm³/mol. The minimum atomic E-state index is 0.170. The molecular formula is C9H11N5. The van der Waals surface area contributed by atoms with E-state index in [1.807, 2.05) is 19.9 Å². The van der Waals surface area contributed by atoms with Crippen LogP contribution >= 0.6 is 0 Å². The van der Waals surface area contributed by atoms with Gasteiger partial charge in [0.1, 0.15) is 5.52 Å². The molecule has 1 aromatic heterocycles. The van der Waals surface area contributed by atoms with Crippen molar-refractivity contribution in [2.24, 2.45) is 0 Å². The molecule has 0 aliphatic carbocycles. The van der Waals surface area contributed by atoms with Crippen molar-refractivity contribution in [3.05, 3.63) is 17.2 Å². The monoisotopic (exact) mass is 189 g/mol. The molecule has 5 heteroatoms. The van der Waals surface area contributed by atoms with E-state index < -0.39 is 0 Å². The summed E-state index contributed by atoms with van der Waals surface area (Å²) in [4.78, 5) is 4.10. The van der Waals surface area contributed by atoms with E-state index >= 15 is 0 Å². The SMILES string of the molecule is Cc1cc2nnc(N)nc2c(C)c1N. The molecule has 0 atom stereocenters. The molecule has 0 aliphatic heterocycles. The van der Waals surface area contributed by atoms with Crippen LogP contribution in [0.3, 0.4) is 0 Å². The Kier molecular flexibility index (Phi) is 1.73. The largest absolute Gasteiger partial charge is 0.398 e. The molecule has 0 saturated heterocycles. The Hall–Kier alpha value is -1.91. The zero-order valence-electron chi connectivity index (χ0n) is 8.07. The topological polar surface area (TPSA) is 90.7 Å². The van der Waals surface area contributed by atoms with Gasteiger partial charge in [0, 0.05) is 11.3 Å². The highest BCUT2D eigenvalue weighted by Gasteiger charge is 2.07. The first-order valence-corrected chi connectivity index (χ1v) is 4.25. The molecule has 72 valence electrons. The minimum Gasteiger partial charge on any atom is -0.398 e. The molecule has 0 bridgehead atoms. The molecule has 14 heavy (non-hydrogen) atoms. The quantitative estimate of drug-likeness (QED) is 0.598. The fourth-order valence-electron chi connectivity index (χ4n) is 1.43. The van der Waals surface area contributed by atoms with Crippen molar-refractivity contribution in [1.29, 1.82) is 0 Å². The van der Waals surface area contributed by atoms with Crippen LogP contribution in [0.2, 0.25) is 0 Å². The summed E-state index contributed by atoms with van der Waals surface area (Å²) >= 11 is 0. The number of nitrogens with two attached hydrogens (primary N) is 2. The lowest BCUT2D eigenvalue weighted by Crippen LogP contribution is -2.02. The molecule has 0 fully saturated rings. The molecule has 2 rings (SSSR count). The summed E-state index contributed by atoms with van der Waals surface area (Å²) in [6, 6.07) is 1.86. The number of nitrogen functional groups attached to an aromatic ring is 2. The van der Waals surface area contributed by atoms with Crippen molar-refractivity contribution in [3.63, 3.8) is 0 Å². The lowest BCUT2D eigenvalue weighted by atomic mass is 10.1. The van der Waals surface area contributed by atoms with Gasteiger partial charge in [-0.2, -0.15) is 0 Å². The Morgan fingerprint density at radius 3 is 2.57 bits per heavy atom. The smallest absolute Gasteiger partial charge is 0.240 e. The van der Waals surface area contributed by atoms with Crippen LogP contribution in [-0.4, -0.2) is 15.2 Å². The van der Waals surface area contributed by atoms with Gasteiger partial charge in [0.15, 0.2) is 0 Å². The number of benzene rings is 1. The van der Waals surface area contributed by atoms with Gasteiger partial charge in [-0.25, -0.2) is 4.98 Å². The number of nitrogens with zero attached hydrogens (tertiary/aromatic N) is 3. The molecule has 5 nitrogen and oxygen atoms in total. The number of aryl methyl sites for hydroxylation is 2. The molecular weight excluding hydrogens is 178 g/mol. The zero-order chi connectivity index (χ0) is 10.3. The molecule has 1 aromatic carbocycles. The maximum atomic E-state index is 5.87. The van der Waals surface area contributed by atoms with Crippen molar-refractivity contribution < 1.29 is 0 Å². The Balaban J connectivity index is 2.92. The van der Waals surface area contributed by atoms with Gasteiger partial charge in [-0.05, 0) is 25.5 Å². The van der Waals surface area contributed by atoms with Crippen LogP contribution in [0.1, 0.15) is 11.1 Å². The maximum Gasteiger partial charge on any atom is 0.240 e. The number of hydrogen-bond donors (Lipinski definition) is 2. The third-order valence-corrected chi connectivity index (χ3v) is 2.27. The third kappa shape index (κ3) is 1.14. The van der Waals surface area contributed by atoms with E-state index in [2.05, 4.69) is 15.2 Å². The van der Waals surface area contributed by atoms with Gasteiger partial charge in [-0.1, -0.05) is 0 Å². The van der Waals surface area contributed by atoms with Gasteiger partial charge < -0.3 is 11.5 Å². The van der Waals surface area contributed by atoms with Crippen LogP contribution in [-0.2, 0) is 0 Å².